The van der Waals surface area contributed by atoms with Crippen LogP contribution in [0.15, 0.2) is 48.8 Å². The van der Waals surface area contributed by atoms with Crippen LogP contribution in [0.5, 0.6) is 0 Å². The first kappa shape index (κ1) is 16.0. The summed E-state index contributed by atoms with van der Waals surface area (Å²) in [6, 6.07) is 10.1. The number of non-ortho nitro benzene ring substituents is 1. The Bertz CT molecular complexity index is 632. The maximum Gasteiger partial charge on any atom is 0.269 e. The summed E-state index contributed by atoms with van der Waals surface area (Å²) in [6.45, 7) is 0.486. The molecule has 0 atom stereocenters. The van der Waals surface area contributed by atoms with E-state index in [2.05, 4.69) is 10.3 Å². The van der Waals surface area contributed by atoms with Gasteiger partial charge in [0.25, 0.3) is 5.69 Å². The van der Waals surface area contributed by atoms with E-state index >= 15 is 0 Å². The quantitative estimate of drug-likeness (QED) is 0.626. The molecule has 0 unspecified atom stereocenters. The van der Waals surface area contributed by atoms with Crippen molar-refractivity contribution in [2.75, 3.05) is 5.75 Å². The average Bonchev–Trinajstić information content (AvgIpc) is 2.54. The lowest BCUT2D eigenvalue weighted by Gasteiger charge is -2.05. The predicted molar refractivity (Wildman–Crippen MR) is 85.3 cm³/mol. The summed E-state index contributed by atoms with van der Waals surface area (Å²) in [6.07, 6.45) is 3.37. The molecule has 1 heterocycles. The van der Waals surface area contributed by atoms with Gasteiger partial charge in [-0.25, -0.2) is 0 Å². The SMILES string of the molecule is O=C(CSCc1ccc([N+](=O)[O-])cc1)NCc1ccncc1. The molecule has 1 N–H and O–H groups in total. The van der Waals surface area contributed by atoms with Gasteiger partial charge in [0.15, 0.2) is 0 Å². The number of nitrogens with one attached hydrogen (secondary N) is 1. The van der Waals surface area contributed by atoms with Crippen LogP contribution in [0.2, 0.25) is 0 Å². The highest BCUT2D eigenvalue weighted by Crippen LogP contribution is 2.16. The first-order valence-electron chi connectivity index (χ1n) is 6.62. The minimum Gasteiger partial charge on any atom is -0.351 e. The van der Waals surface area contributed by atoms with Crippen LogP contribution in [-0.2, 0) is 17.1 Å². The molecule has 2 rings (SSSR count). The molecule has 0 aliphatic rings. The number of pyridine rings is 1. The van der Waals surface area contributed by atoms with Gasteiger partial charge in [-0.05, 0) is 23.3 Å². The number of carbonyl (C=O) groups is 1. The van der Waals surface area contributed by atoms with Gasteiger partial charge in [-0.2, -0.15) is 0 Å². The molecular weight excluding hydrogens is 302 g/mol. The zero-order chi connectivity index (χ0) is 15.8. The number of benzene rings is 1. The van der Waals surface area contributed by atoms with Crippen molar-refractivity contribution in [3.05, 3.63) is 70.0 Å². The molecule has 0 bridgehead atoms. The van der Waals surface area contributed by atoms with Crippen LogP contribution >= 0.6 is 11.8 Å². The molecule has 22 heavy (non-hydrogen) atoms. The van der Waals surface area contributed by atoms with E-state index in [1.807, 2.05) is 12.1 Å². The molecule has 2 aromatic rings. The number of nitrogens with zero attached hydrogens (tertiary/aromatic N) is 2. The number of carbonyl (C=O) groups excluding carboxylic acids is 1. The summed E-state index contributed by atoms with van der Waals surface area (Å²) >= 11 is 1.47. The summed E-state index contributed by atoms with van der Waals surface area (Å²) in [5.41, 5.74) is 2.03. The Kier molecular flexibility index (Phi) is 5.91. The van der Waals surface area contributed by atoms with Gasteiger partial charge in [-0.15, -0.1) is 11.8 Å². The van der Waals surface area contributed by atoms with Crippen molar-refractivity contribution in [2.45, 2.75) is 12.3 Å². The summed E-state index contributed by atoms with van der Waals surface area (Å²) < 4.78 is 0. The summed E-state index contributed by atoms with van der Waals surface area (Å²) in [7, 11) is 0. The smallest absolute Gasteiger partial charge is 0.269 e. The third kappa shape index (κ3) is 5.17. The number of rotatable bonds is 7. The number of hydrogen-bond acceptors (Lipinski definition) is 5. The molecule has 6 nitrogen and oxygen atoms in total. The van der Waals surface area contributed by atoms with Gasteiger partial charge in [0.1, 0.15) is 0 Å². The molecule has 0 fully saturated rings. The fourth-order valence-electron chi connectivity index (χ4n) is 1.73. The highest BCUT2D eigenvalue weighted by Gasteiger charge is 2.05. The summed E-state index contributed by atoms with van der Waals surface area (Å²) in [4.78, 5) is 25.7. The van der Waals surface area contributed by atoms with Gasteiger partial charge in [0, 0.05) is 36.8 Å². The molecule has 114 valence electrons. The monoisotopic (exact) mass is 317 g/mol. The Morgan fingerprint density at radius 2 is 1.82 bits per heavy atom. The number of amides is 1. The van der Waals surface area contributed by atoms with Gasteiger partial charge in [-0.1, -0.05) is 12.1 Å². The third-order valence-electron chi connectivity index (χ3n) is 2.89. The topological polar surface area (TPSA) is 85.1 Å². The average molecular weight is 317 g/mol. The van der Waals surface area contributed by atoms with Crippen molar-refractivity contribution in [3.8, 4) is 0 Å². The number of aromatic nitrogens is 1. The number of thioether (sulfide) groups is 1. The van der Waals surface area contributed by atoms with Crippen LogP contribution in [0.4, 0.5) is 5.69 Å². The second-order valence-corrected chi connectivity index (χ2v) is 5.53. The fraction of sp³-hybridized carbons (Fsp3) is 0.200. The van der Waals surface area contributed by atoms with Crippen LogP contribution in [-0.4, -0.2) is 21.6 Å². The first-order chi connectivity index (χ1) is 10.6. The highest BCUT2D eigenvalue weighted by atomic mass is 32.2. The normalized spacial score (nSPS) is 10.2. The third-order valence-corrected chi connectivity index (χ3v) is 3.89. The van der Waals surface area contributed by atoms with E-state index in [1.165, 1.54) is 23.9 Å². The van der Waals surface area contributed by atoms with Crippen molar-refractivity contribution in [2.24, 2.45) is 0 Å². The molecule has 1 aromatic heterocycles. The minimum absolute atomic E-state index is 0.0382. The second-order valence-electron chi connectivity index (χ2n) is 4.55. The van der Waals surface area contributed by atoms with E-state index in [9.17, 15) is 14.9 Å². The molecule has 0 saturated carbocycles. The number of nitro groups is 1. The lowest BCUT2D eigenvalue weighted by atomic mass is 10.2. The van der Waals surface area contributed by atoms with Gasteiger partial charge in [-0.3, -0.25) is 19.9 Å². The van der Waals surface area contributed by atoms with Crippen LogP contribution < -0.4 is 5.32 Å². The van der Waals surface area contributed by atoms with Gasteiger partial charge in [0.05, 0.1) is 10.7 Å². The molecule has 0 saturated heterocycles. The molecule has 1 amide bonds. The molecule has 0 spiro atoms. The Hall–Kier alpha value is -2.41. The van der Waals surface area contributed by atoms with E-state index in [0.29, 0.717) is 18.1 Å². The predicted octanol–water partition coefficient (Wildman–Crippen LogP) is 2.54. The maximum absolute atomic E-state index is 11.7. The molecule has 0 radical (unpaired) electrons. The van der Waals surface area contributed by atoms with E-state index in [1.54, 1.807) is 24.5 Å². The largest absolute Gasteiger partial charge is 0.351 e. The van der Waals surface area contributed by atoms with Crippen LogP contribution in [0.3, 0.4) is 0 Å². The molecule has 0 aliphatic carbocycles. The van der Waals surface area contributed by atoms with Crippen molar-refractivity contribution < 1.29 is 9.72 Å². The van der Waals surface area contributed by atoms with E-state index in [-0.39, 0.29) is 11.6 Å². The van der Waals surface area contributed by atoms with E-state index in [4.69, 9.17) is 0 Å². The Labute approximate surface area is 132 Å². The highest BCUT2D eigenvalue weighted by molar-refractivity contribution is 7.99. The maximum atomic E-state index is 11.7. The lowest BCUT2D eigenvalue weighted by molar-refractivity contribution is -0.384. The molecule has 7 heteroatoms. The Morgan fingerprint density at radius 1 is 1.14 bits per heavy atom. The van der Waals surface area contributed by atoms with E-state index < -0.39 is 4.92 Å². The molecule has 1 aromatic carbocycles. The van der Waals surface area contributed by atoms with Gasteiger partial charge in [0.2, 0.25) is 5.91 Å². The van der Waals surface area contributed by atoms with Crippen LogP contribution in [0.25, 0.3) is 0 Å². The fourth-order valence-corrected chi connectivity index (χ4v) is 2.55. The Morgan fingerprint density at radius 3 is 2.45 bits per heavy atom. The number of hydrogen-bond donors (Lipinski definition) is 1. The van der Waals surface area contributed by atoms with E-state index in [0.717, 1.165) is 11.1 Å². The molecule has 0 aliphatic heterocycles. The Balaban J connectivity index is 1.69. The van der Waals surface area contributed by atoms with Crippen molar-refractivity contribution in [1.29, 1.82) is 0 Å². The first-order valence-corrected chi connectivity index (χ1v) is 7.77. The summed E-state index contributed by atoms with van der Waals surface area (Å²) in [5, 5.41) is 13.4. The standard InChI is InChI=1S/C15H15N3O3S/c19-15(17-9-12-5-7-16-8-6-12)11-22-10-13-1-3-14(4-2-13)18(20)21/h1-8H,9-11H2,(H,17,19). The zero-order valence-corrected chi connectivity index (χ0v) is 12.6. The van der Waals surface area contributed by atoms with Crippen LogP contribution in [0, 0.1) is 10.1 Å². The van der Waals surface area contributed by atoms with Crippen molar-refractivity contribution in [1.82, 2.24) is 10.3 Å². The van der Waals surface area contributed by atoms with Gasteiger partial charge < -0.3 is 5.32 Å². The van der Waals surface area contributed by atoms with Gasteiger partial charge >= 0.3 is 0 Å². The van der Waals surface area contributed by atoms with Crippen molar-refractivity contribution in [3.63, 3.8) is 0 Å². The van der Waals surface area contributed by atoms with Crippen LogP contribution in [0.1, 0.15) is 11.1 Å². The summed E-state index contributed by atoms with van der Waals surface area (Å²) in [5.74, 6) is 0.951. The molecular formula is C15H15N3O3S. The zero-order valence-electron chi connectivity index (χ0n) is 11.8. The van der Waals surface area contributed by atoms with Crippen molar-refractivity contribution >= 4 is 23.4 Å². The minimum atomic E-state index is -0.427. The number of nitro benzene ring substituents is 1. The second kappa shape index (κ2) is 8.14. The lowest BCUT2D eigenvalue weighted by Crippen LogP contribution is -2.24.